The van der Waals surface area contributed by atoms with Gasteiger partial charge in [-0.2, -0.15) is 0 Å². The van der Waals surface area contributed by atoms with E-state index in [9.17, 15) is 0 Å². The quantitative estimate of drug-likeness (QED) is 0.437. The molecule has 0 atom stereocenters. The van der Waals surface area contributed by atoms with Gasteiger partial charge in [0, 0.05) is 6.42 Å². The van der Waals surface area contributed by atoms with Crippen LogP contribution in [0.1, 0.15) is 18.7 Å². The van der Waals surface area contributed by atoms with E-state index in [4.69, 9.17) is 5.73 Å². The summed E-state index contributed by atoms with van der Waals surface area (Å²) in [4.78, 5) is 8.14. The van der Waals surface area contributed by atoms with Crippen molar-refractivity contribution in [3.8, 4) is 11.1 Å². The predicted octanol–water partition coefficient (Wildman–Crippen LogP) is 2.92. The molecule has 25 heavy (non-hydrogen) atoms. The van der Waals surface area contributed by atoms with Crippen LogP contribution in [-0.2, 0) is 6.42 Å². The van der Waals surface area contributed by atoms with Crippen LogP contribution in [0.25, 0.3) is 32.9 Å². The van der Waals surface area contributed by atoms with Gasteiger partial charge in [0.2, 0.25) is 0 Å². The van der Waals surface area contributed by atoms with Gasteiger partial charge in [-0.15, -0.1) is 0 Å². The summed E-state index contributed by atoms with van der Waals surface area (Å²) < 4.78 is 0. The molecule has 0 saturated heterocycles. The van der Waals surface area contributed by atoms with Crippen LogP contribution in [0.15, 0.2) is 54.6 Å². The lowest BCUT2D eigenvalue weighted by atomic mass is 9.92. The van der Waals surface area contributed by atoms with Gasteiger partial charge in [0.25, 0.3) is 0 Å². The first-order valence-corrected chi connectivity index (χ1v) is 8.92. The van der Waals surface area contributed by atoms with E-state index >= 15 is 0 Å². The number of aryl methyl sites for hydroxylation is 1. The van der Waals surface area contributed by atoms with Gasteiger partial charge in [-0.1, -0.05) is 41.9 Å². The predicted molar refractivity (Wildman–Crippen MR) is 109 cm³/mol. The fourth-order valence-electron chi connectivity index (χ4n) is 3.34. The van der Waals surface area contributed by atoms with Gasteiger partial charge in [0.15, 0.2) is 0 Å². The molecular weight excluding hydrogens is 305 g/mol. The van der Waals surface area contributed by atoms with E-state index in [1.54, 1.807) is 0 Å². The lowest BCUT2D eigenvalue weighted by molar-refractivity contribution is 0.724. The van der Waals surface area contributed by atoms with E-state index in [0.717, 1.165) is 42.7 Å². The van der Waals surface area contributed by atoms with Gasteiger partial charge in [0.1, 0.15) is 13.7 Å². The Labute approximate surface area is 148 Å². The summed E-state index contributed by atoms with van der Waals surface area (Å²) in [6, 6.07) is 19.7. The maximum Gasteiger partial charge on any atom is 0.139 e. The van der Waals surface area contributed by atoms with Crippen molar-refractivity contribution in [1.29, 1.82) is 0 Å². The van der Waals surface area contributed by atoms with Crippen molar-refractivity contribution in [2.24, 2.45) is 5.73 Å². The average Bonchev–Trinajstić information content (AvgIpc) is 3.03. The Morgan fingerprint density at radius 1 is 0.880 bits per heavy atom. The van der Waals surface area contributed by atoms with Crippen molar-refractivity contribution < 1.29 is 0 Å². The number of aromatic nitrogens is 2. The smallest absolute Gasteiger partial charge is 0.139 e. The molecule has 0 radical (unpaired) electrons. The Kier molecular flexibility index (Phi) is 4.28. The highest BCUT2D eigenvalue weighted by molar-refractivity contribution is 6.33. The SMILES string of the molecule is Bc1ccc2cc(-c3ccc4nc(CCCCN)[nH]c4c3)ccc2c1. The lowest BCUT2D eigenvalue weighted by Crippen LogP contribution is -1.99. The van der Waals surface area contributed by atoms with Crippen molar-refractivity contribution >= 4 is 35.1 Å². The summed E-state index contributed by atoms with van der Waals surface area (Å²) in [6.07, 6.45) is 3.07. The van der Waals surface area contributed by atoms with Crippen molar-refractivity contribution in [1.82, 2.24) is 9.97 Å². The molecule has 0 spiro atoms. The van der Waals surface area contributed by atoms with Crippen molar-refractivity contribution in [3.05, 3.63) is 60.4 Å². The van der Waals surface area contributed by atoms with Crippen LogP contribution in [0.5, 0.6) is 0 Å². The zero-order valence-electron chi connectivity index (χ0n) is 14.5. The number of hydrogen-bond acceptors (Lipinski definition) is 2. The summed E-state index contributed by atoms with van der Waals surface area (Å²) >= 11 is 0. The fraction of sp³-hybridized carbons (Fsp3) is 0.190. The molecule has 0 aliphatic rings. The minimum absolute atomic E-state index is 0.742. The van der Waals surface area contributed by atoms with E-state index < -0.39 is 0 Å². The zero-order valence-corrected chi connectivity index (χ0v) is 14.5. The molecule has 4 aromatic rings. The highest BCUT2D eigenvalue weighted by Gasteiger charge is 2.06. The van der Waals surface area contributed by atoms with Crippen LogP contribution in [-0.4, -0.2) is 24.4 Å². The Balaban J connectivity index is 1.67. The number of imidazole rings is 1. The molecule has 3 aromatic carbocycles. The molecule has 0 amide bonds. The summed E-state index contributed by atoms with van der Waals surface area (Å²) in [5, 5.41) is 2.56. The van der Waals surface area contributed by atoms with E-state index in [0.29, 0.717) is 0 Å². The molecular formula is C21H22BN3. The Morgan fingerprint density at radius 3 is 2.52 bits per heavy atom. The molecule has 4 rings (SSSR count). The molecule has 124 valence electrons. The molecule has 1 heterocycles. The number of fused-ring (bicyclic) bond motifs is 2. The standard InChI is InChI=1S/C21H22BN3/c22-18-8-6-15-11-14(4-5-16(15)12-18)17-7-9-19-20(13-17)25-21(24-19)3-1-2-10-23/h4-9,11-13H,1-3,10,22-23H2,(H,24,25). The van der Waals surface area contributed by atoms with Crippen LogP contribution < -0.4 is 11.2 Å². The zero-order chi connectivity index (χ0) is 17.2. The molecule has 3 N–H and O–H groups in total. The topological polar surface area (TPSA) is 54.7 Å². The average molecular weight is 327 g/mol. The first-order valence-electron chi connectivity index (χ1n) is 8.92. The summed E-state index contributed by atoms with van der Waals surface area (Å²) in [5.74, 6) is 1.05. The third-order valence-electron chi connectivity index (χ3n) is 4.73. The number of unbranched alkanes of at least 4 members (excludes halogenated alkanes) is 1. The number of H-pyrrole nitrogens is 1. The van der Waals surface area contributed by atoms with Crippen LogP contribution in [0, 0.1) is 0 Å². The number of benzene rings is 3. The van der Waals surface area contributed by atoms with Gasteiger partial charge < -0.3 is 10.7 Å². The number of aromatic amines is 1. The summed E-state index contributed by atoms with van der Waals surface area (Å²) in [5.41, 5.74) is 11.4. The second-order valence-corrected chi connectivity index (χ2v) is 6.73. The lowest BCUT2D eigenvalue weighted by Gasteiger charge is -2.05. The second kappa shape index (κ2) is 6.73. The third-order valence-corrected chi connectivity index (χ3v) is 4.73. The number of nitrogens with two attached hydrogens (primary N) is 1. The molecule has 0 fully saturated rings. The van der Waals surface area contributed by atoms with Crippen molar-refractivity contribution in [2.75, 3.05) is 6.54 Å². The molecule has 1 aromatic heterocycles. The van der Waals surface area contributed by atoms with Gasteiger partial charge in [-0.3, -0.25) is 0 Å². The number of hydrogen-bond donors (Lipinski definition) is 2. The van der Waals surface area contributed by atoms with Gasteiger partial charge in [-0.25, -0.2) is 4.98 Å². The molecule has 0 saturated carbocycles. The summed E-state index contributed by atoms with van der Waals surface area (Å²) in [6.45, 7) is 0.742. The third kappa shape index (κ3) is 3.31. The van der Waals surface area contributed by atoms with Gasteiger partial charge in [0.05, 0.1) is 11.0 Å². The number of nitrogens with one attached hydrogen (secondary N) is 1. The molecule has 3 nitrogen and oxygen atoms in total. The number of rotatable bonds is 5. The first kappa shape index (κ1) is 15.9. The monoisotopic (exact) mass is 327 g/mol. The van der Waals surface area contributed by atoms with Crippen LogP contribution in [0.2, 0.25) is 0 Å². The largest absolute Gasteiger partial charge is 0.342 e. The second-order valence-electron chi connectivity index (χ2n) is 6.73. The molecule has 4 heteroatoms. The maximum absolute atomic E-state index is 5.57. The van der Waals surface area contributed by atoms with Gasteiger partial charge >= 0.3 is 0 Å². The first-order chi connectivity index (χ1) is 12.2. The van der Waals surface area contributed by atoms with Crippen LogP contribution in [0.4, 0.5) is 0 Å². The summed E-state index contributed by atoms with van der Waals surface area (Å²) in [7, 11) is 2.13. The fourth-order valence-corrected chi connectivity index (χ4v) is 3.34. The Morgan fingerprint density at radius 2 is 1.64 bits per heavy atom. The Hall–Kier alpha value is -2.59. The van der Waals surface area contributed by atoms with E-state index in [1.807, 2.05) is 0 Å². The van der Waals surface area contributed by atoms with Gasteiger partial charge in [-0.05, 0) is 59.5 Å². The Bertz CT molecular complexity index is 1040. The molecule has 0 aliphatic heterocycles. The van der Waals surface area contributed by atoms with Crippen molar-refractivity contribution in [2.45, 2.75) is 19.3 Å². The van der Waals surface area contributed by atoms with Crippen LogP contribution in [0.3, 0.4) is 0 Å². The minimum atomic E-state index is 0.742. The highest BCUT2D eigenvalue weighted by atomic mass is 14.9. The minimum Gasteiger partial charge on any atom is -0.342 e. The molecule has 0 aliphatic carbocycles. The van der Waals surface area contributed by atoms with Crippen LogP contribution >= 0.6 is 0 Å². The van der Waals surface area contributed by atoms with Crippen molar-refractivity contribution in [3.63, 3.8) is 0 Å². The van der Waals surface area contributed by atoms with E-state index in [1.165, 1.54) is 27.4 Å². The maximum atomic E-state index is 5.57. The van der Waals surface area contributed by atoms with E-state index in [2.05, 4.69) is 72.4 Å². The number of nitrogens with zero attached hydrogens (tertiary/aromatic N) is 1. The molecule has 0 bridgehead atoms. The molecule has 0 unspecified atom stereocenters. The van der Waals surface area contributed by atoms with E-state index in [-0.39, 0.29) is 0 Å². The normalized spacial score (nSPS) is 11.4. The highest BCUT2D eigenvalue weighted by Crippen LogP contribution is 2.26.